The number of aliphatic hydroxyl groups excluding tert-OH is 4. The second-order valence-corrected chi connectivity index (χ2v) is 6.24. The van der Waals surface area contributed by atoms with Gasteiger partial charge >= 0.3 is 5.97 Å². The molecule has 27 heavy (non-hydrogen) atoms. The number of allylic oxidation sites excluding steroid dienone is 5. The van der Waals surface area contributed by atoms with Gasteiger partial charge in [0.2, 0.25) is 0 Å². The van der Waals surface area contributed by atoms with Crippen LogP contribution >= 0.6 is 0 Å². The number of rotatable bonds is 1. The Hall–Kier alpha value is -2.62. The van der Waals surface area contributed by atoms with Crippen LogP contribution in [-0.2, 0) is 14.3 Å². The Balaban J connectivity index is 0.000000157. The molecule has 142 valence electrons. The topological polar surface area (TPSA) is 145 Å². The van der Waals surface area contributed by atoms with Gasteiger partial charge < -0.3 is 30.3 Å². The van der Waals surface area contributed by atoms with Crippen molar-refractivity contribution in [2.45, 2.75) is 30.7 Å². The molecule has 1 unspecified atom stereocenters. The molecule has 1 fully saturated rings. The lowest BCUT2D eigenvalue weighted by atomic mass is 9.98. The van der Waals surface area contributed by atoms with E-state index in [0.717, 1.165) is 11.1 Å². The Labute approximate surface area is 154 Å². The third-order valence-electron chi connectivity index (χ3n) is 4.42. The summed E-state index contributed by atoms with van der Waals surface area (Å²) in [6.07, 6.45) is -1.40. The van der Waals surface area contributed by atoms with Crippen molar-refractivity contribution in [1.29, 1.82) is 0 Å². The molecule has 0 bridgehead atoms. The van der Waals surface area contributed by atoms with Gasteiger partial charge in [0.25, 0.3) is 0 Å². The molecule has 5 N–H and O–H groups in total. The number of ketones is 1. The number of aliphatic hydroxyl groups is 4. The molecule has 1 aromatic rings. The van der Waals surface area contributed by atoms with Crippen molar-refractivity contribution >= 4 is 23.4 Å². The summed E-state index contributed by atoms with van der Waals surface area (Å²) < 4.78 is 4.34. The Morgan fingerprint density at radius 1 is 0.926 bits per heavy atom. The van der Waals surface area contributed by atoms with Gasteiger partial charge in [0, 0.05) is 0 Å². The number of benzene rings is 1. The lowest BCUT2D eigenvalue weighted by molar-refractivity contribution is -0.279. The van der Waals surface area contributed by atoms with E-state index >= 15 is 0 Å². The first kappa shape index (κ1) is 19.2. The maximum Gasteiger partial charge on any atom is 0.335 e. The van der Waals surface area contributed by atoms with E-state index in [1.54, 1.807) is 12.2 Å². The second kappa shape index (κ2) is 7.55. The van der Waals surface area contributed by atoms with E-state index < -0.39 is 36.7 Å². The fourth-order valence-corrected chi connectivity index (χ4v) is 3.00. The van der Waals surface area contributed by atoms with Gasteiger partial charge in [0.05, 0.1) is 0 Å². The quantitative estimate of drug-likeness (QED) is 0.441. The highest BCUT2D eigenvalue weighted by Gasteiger charge is 2.46. The van der Waals surface area contributed by atoms with E-state index in [2.05, 4.69) is 22.9 Å². The molecule has 2 aliphatic carbocycles. The fourth-order valence-electron chi connectivity index (χ4n) is 3.00. The predicted octanol–water partition coefficient (Wildman–Crippen LogP) is -0.523. The van der Waals surface area contributed by atoms with Crippen LogP contribution in [0.25, 0.3) is 11.6 Å². The van der Waals surface area contributed by atoms with Crippen LogP contribution in [0.3, 0.4) is 0 Å². The minimum Gasteiger partial charge on any atom is -0.479 e. The molecule has 8 heteroatoms. The molecule has 0 amide bonds. The Kier molecular flexibility index (Phi) is 5.36. The Morgan fingerprint density at radius 2 is 1.63 bits per heavy atom. The van der Waals surface area contributed by atoms with Gasteiger partial charge in [-0.05, 0) is 40.5 Å². The van der Waals surface area contributed by atoms with E-state index in [9.17, 15) is 9.59 Å². The van der Waals surface area contributed by atoms with Crippen LogP contribution in [0, 0.1) is 0 Å². The number of carbonyl (C=O) groups is 2. The molecular formula is C19H18O8. The highest BCUT2D eigenvalue weighted by atomic mass is 16.6. The number of aliphatic carboxylic acids is 1. The molecule has 4 rings (SSSR count). The van der Waals surface area contributed by atoms with E-state index in [1.807, 2.05) is 18.2 Å². The highest BCUT2D eigenvalue weighted by molar-refractivity contribution is 6.13. The number of carboxylic acids is 1. The SMILES string of the molecule is O=C(O)[C@H]1OC(O)[C@H](O)[C@@H](O)[C@@H]1O.O=C1C=CC2=Cc3ccccc3C2=C1. The van der Waals surface area contributed by atoms with Crippen LogP contribution in [-0.4, -0.2) is 68.0 Å². The summed E-state index contributed by atoms with van der Waals surface area (Å²) in [6.45, 7) is 0. The van der Waals surface area contributed by atoms with Crippen LogP contribution in [0.15, 0.2) is 48.1 Å². The van der Waals surface area contributed by atoms with Crippen LogP contribution in [0.4, 0.5) is 0 Å². The van der Waals surface area contributed by atoms with E-state index in [0.29, 0.717) is 0 Å². The number of fused-ring (bicyclic) bond motifs is 3. The van der Waals surface area contributed by atoms with Crippen LogP contribution in [0.5, 0.6) is 0 Å². The van der Waals surface area contributed by atoms with Crippen LogP contribution in [0.1, 0.15) is 11.1 Å². The van der Waals surface area contributed by atoms with Gasteiger partial charge in [-0.25, -0.2) is 4.79 Å². The fraction of sp³-hybridized carbons (Fsp3) is 0.263. The molecule has 0 radical (unpaired) electrons. The molecule has 0 aromatic heterocycles. The summed E-state index contributed by atoms with van der Waals surface area (Å²) in [7, 11) is 0. The first-order chi connectivity index (χ1) is 12.8. The average Bonchev–Trinajstić information content (AvgIpc) is 3.01. The van der Waals surface area contributed by atoms with Crippen molar-refractivity contribution < 1.29 is 39.9 Å². The zero-order chi connectivity index (χ0) is 19.7. The summed E-state index contributed by atoms with van der Waals surface area (Å²) in [5.41, 5.74) is 4.58. The molecule has 0 spiro atoms. The molecule has 1 saturated heterocycles. The lowest BCUT2D eigenvalue weighted by Crippen LogP contribution is -2.59. The van der Waals surface area contributed by atoms with Gasteiger partial charge in [-0.15, -0.1) is 0 Å². The normalized spacial score (nSPS) is 31.1. The minimum atomic E-state index is -1.81. The van der Waals surface area contributed by atoms with Crippen LogP contribution < -0.4 is 0 Å². The molecule has 1 heterocycles. The van der Waals surface area contributed by atoms with Gasteiger partial charge in [-0.3, -0.25) is 4.79 Å². The third kappa shape index (κ3) is 3.75. The zero-order valence-electron chi connectivity index (χ0n) is 14.0. The Bertz CT molecular complexity index is 853. The maximum atomic E-state index is 11.2. The lowest BCUT2D eigenvalue weighted by Gasteiger charge is -2.36. The van der Waals surface area contributed by atoms with Crippen LogP contribution in [0.2, 0.25) is 0 Å². The standard InChI is InChI=1S/C13H8O.C6H10O7/c14-11-6-5-10-7-9-3-1-2-4-12(9)13(10)8-11;7-1-2(8)4(5(10)11)13-6(12)3(1)9/h1-8H;1-4,6-9,12H,(H,10,11)/t;1-,2-,3+,4-,6?/m.0/s1. The van der Waals surface area contributed by atoms with Crippen molar-refractivity contribution in [2.24, 2.45) is 0 Å². The van der Waals surface area contributed by atoms with E-state index in [1.165, 1.54) is 11.1 Å². The summed E-state index contributed by atoms with van der Waals surface area (Å²) in [5, 5.41) is 44.4. The first-order valence-corrected chi connectivity index (χ1v) is 8.15. The average molecular weight is 374 g/mol. The first-order valence-electron chi connectivity index (χ1n) is 8.15. The third-order valence-corrected chi connectivity index (χ3v) is 4.42. The molecule has 1 aromatic carbocycles. The Morgan fingerprint density at radius 3 is 2.33 bits per heavy atom. The minimum absolute atomic E-state index is 0.0776. The number of hydrogen-bond donors (Lipinski definition) is 5. The maximum absolute atomic E-state index is 11.2. The monoisotopic (exact) mass is 374 g/mol. The van der Waals surface area contributed by atoms with E-state index in [-0.39, 0.29) is 5.78 Å². The van der Waals surface area contributed by atoms with Gasteiger partial charge in [0.15, 0.2) is 18.2 Å². The summed E-state index contributed by atoms with van der Waals surface area (Å²) in [6, 6.07) is 8.13. The van der Waals surface area contributed by atoms with Crippen molar-refractivity contribution in [2.75, 3.05) is 0 Å². The number of carbonyl (C=O) groups excluding carboxylic acids is 1. The second-order valence-electron chi connectivity index (χ2n) is 6.24. The number of ether oxygens (including phenoxy) is 1. The van der Waals surface area contributed by atoms with Gasteiger partial charge in [-0.1, -0.05) is 30.3 Å². The van der Waals surface area contributed by atoms with Crippen molar-refractivity contribution in [3.8, 4) is 0 Å². The van der Waals surface area contributed by atoms with E-state index in [4.69, 9.17) is 25.5 Å². The zero-order valence-corrected chi connectivity index (χ0v) is 14.0. The molecule has 0 saturated carbocycles. The number of hydrogen-bond acceptors (Lipinski definition) is 7. The molecule has 5 atom stereocenters. The van der Waals surface area contributed by atoms with Crippen molar-refractivity contribution in [1.82, 2.24) is 0 Å². The highest BCUT2D eigenvalue weighted by Crippen LogP contribution is 2.37. The summed E-state index contributed by atoms with van der Waals surface area (Å²) in [5.74, 6) is -1.44. The summed E-state index contributed by atoms with van der Waals surface area (Å²) >= 11 is 0. The van der Waals surface area contributed by atoms with Crippen molar-refractivity contribution in [3.63, 3.8) is 0 Å². The molecule has 3 aliphatic rings. The predicted molar refractivity (Wildman–Crippen MR) is 93.1 cm³/mol. The summed E-state index contributed by atoms with van der Waals surface area (Å²) in [4.78, 5) is 21.6. The molecule has 1 aliphatic heterocycles. The van der Waals surface area contributed by atoms with Crippen molar-refractivity contribution in [3.05, 3.63) is 59.2 Å². The van der Waals surface area contributed by atoms with Gasteiger partial charge in [-0.2, -0.15) is 0 Å². The largest absolute Gasteiger partial charge is 0.479 e. The molecular weight excluding hydrogens is 356 g/mol. The van der Waals surface area contributed by atoms with Gasteiger partial charge in [0.1, 0.15) is 18.3 Å². The molecule has 8 nitrogen and oxygen atoms in total. The number of carboxylic acid groups (broad SMARTS) is 1. The smallest absolute Gasteiger partial charge is 0.335 e.